The Morgan fingerprint density at radius 2 is 1.85 bits per heavy atom. The van der Waals surface area contributed by atoms with Crippen LogP contribution in [0.15, 0.2) is 65.1 Å². The van der Waals surface area contributed by atoms with Gasteiger partial charge in [0.2, 0.25) is 7.37 Å². The molecule has 0 fully saturated rings. The van der Waals surface area contributed by atoms with Crippen molar-refractivity contribution < 1.29 is 27.0 Å². The van der Waals surface area contributed by atoms with E-state index < -0.39 is 35.1 Å². The van der Waals surface area contributed by atoms with Crippen molar-refractivity contribution in [2.75, 3.05) is 24.2 Å². The van der Waals surface area contributed by atoms with E-state index in [9.17, 15) is 17.8 Å². The van der Waals surface area contributed by atoms with Gasteiger partial charge in [-0.3, -0.25) is 8.87 Å². The van der Waals surface area contributed by atoms with Crippen LogP contribution in [0.3, 0.4) is 0 Å². The Balaban J connectivity index is 2.31. The maximum atomic E-state index is 14.2. The van der Waals surface area contributed by atoms with Crippen molar-refractivity contribution in [1.29, 1.82) is 0 Å². The minimum absolute atomic E-state index is 0.00241. The fraction of sp³-hybridized carbons (Fsp3) is 0.348. The molecule has 1 aliphatic rings. The molecule has 2 aromatic rings. The first-order valence-electron chi connectivity index (χ1n) is 10.4. The standard InChI is InChI=1S/C23H27ClNO6PS/c1-5-31-23(26)21-22(32(27,30-4)14-13-16(2)3)19-15-17(24)11-12-20(19)25(21)33(28,29)18-9-7-6-8-10-18/h6-13,15,21-22H,5,14H2,1-4H3. The number of halogens is 1. The summed E-state index contributed by atoms with van der Waals surface area (Å²) in [5.41, 5.74) is 0.413. The lowest BCUT2D eigenvalue weighted by molar-refractivity contribution is -0.144. The predicted molar refractivity (Wildman–Crippen MR) is 130 cm³/mol. The maximum absolute atomic E-state index is 14.2. The van der Waals surface area contributed by atoms with Crippen LogP contribution in [0.5, 0.6) is 0 Å². The minimum Gasteiger partial charge on any atom is -0.464 e. The van der Waals surface area contributed by atoms with Crippen LogP contribution >= 0.6 is 19.0 Å². The van der Waals surface area contributed by atoms with Crippen molar-refractivity contribution in [2.45, 2.75) is 37.4 Å². The topological polar surface area (TPSA) is 90.0 Å². The predicted octanol–water partition coefficient (Wildman–Crippen LogP) is 5.41. The summed E-state index contributed by atoms with van der Waals surface area (Å²) in [7, 11) is -6.53. The number of ether oxygens (including phenoxy) is 1. The Morgan fingerprint density at radius 3 is 2.42 bits per heavy atom. The van der Waals surface area contributed by atoms with Gasteiger partial charge >= 0.3 is 5.97 Å². The van der Waals surface area contributed by atoms with E-state index >= 15 is 0 Å². The maximum Gasteiger partial charge on any atom is 0.331 e. The van der Waals surface area contributed by atoms with E-state index in [1.807, 2.05) is 13.8 Å². The van der Waals surface area contributed by atoms with E-state index in [4.69, 9.17) is 20.9 Å². The molecule has 3 rings (SSSR count). The number of rotatable bonds is 8. The number of sulfonamides is 1. The van der Waals surface area contributed by atoms with Gasteiger partial charge in [-0.05, 0) is 56.7 Å². The number of anilines is 1. The molecule has 0 spiro atoms. The Kier molecular flexibility index (Phi) is 7.74. The van der Waals surface area contributed by atoms with E-state index in [1.54, 1.807) is 37.3 Å². The molecule has 0 aromatic heterocycles. The van der Waals surface area contributed by atoms with E-state index in [1.165, 1.54) is 31.4 Å². The Labute approximate surface area is 199 Å². The average molecular weight is 512 g/mol. The molecular weight excluding hydrogens is 485 g/mol. The number of fused-ring (bicyclic) bond motifs is 1. The Hall–Kier alpha value is -2.12. The molecule has 3 atom stereocenters. The molecule has 10 heteroatoms. The molecule has 0 amide bonds. The molecule has 33 heavy (non-hydrogen) atoms. The van der Waals surface area contributed by atoms with Crippen LogP contribution < -0.4 is 4.31 Å². The molecule has 0 radical (unpaired) electrons. The molecule has 0 aliphatic carbocycles. The van der Waals surface area contributed by atoms with Crippen molar-refractivity contribution in [1.82, 2.24) is 0 Å². The number of carbonyl (C=O) groups excluding carboxylic acids is 1. The zero-order chi connectivity index (χ0) is 24.4. The van der Waals surface area contributed by atoms with E-state index in [2.05, 4.69) is 0 Å². The summed E-state index contributed by atoms with van der Waals surface area (Å²) in [6, 6.07) is 11.0. The zero-order valence-corrected chi connectivity index (χ0v) is 21.4. The quantitative estimate of drug-likeness (QED) is 0.267. The summed E-state index contributed by atoms with van der Waals surface area (Å²) in [5, 5.41) is 0.324. The molecule has 1 heterocycles. The van der Waals surface area contributed by atoms with Gasteiger partial charge in [-0.1, -0.05) is 41.4 Å². The van der Waals surface area contributed by atoms with Crippen LogP contribution in [-0.2, 0) is 28.6 Å². The molecule has 2 aromatic carbocycles. The molecular formula is C23H27ClNO6PS. The first-order chi connectivity index (χ1) is 15.6. The van der Waals surface area contributed by atoms with Crippen LogP contribution in [-0.4, -0.2) is 40.3 Å². The second-order valence-corrected chi connectivity index (χ2v) is 12.8. The fourth-order valence-corrected chi connectivity index (χ4v) is 8.36. The average Bonchev–Trinajstić information content (AvgIpc) is 3.14. The van der Waals surface area contributed by atoms with Gasteiger partial charge < -0.3 is 9.26 Å². The molecule has 7 nitrogen and oxygen atoms in total. The van der Waals surface area contributed by atoms with Crippen molar-refractivity contribution >= 4 is 40.6 Å². The smallest absolute Gasteiger partial charge is 0.331 e. The second-order valence-electron chi connectivity index (χ2n) is 7.83. The van der Waals surface area contributed by atoms with E-state index in [0.717, 1.165) is 9.88 Å². The van der Waals surface area contributed by atoms with Crippen LogP contribution in [0.1, 0.15) is 32.0 Å². The first kappa shape index (κ1) is 25.5. The molecule has 178 valence electrons. The van der Waals surface area contributed by atoms with Gasteiger partial charge in [0.1, 0.15) is 0 Å². The van der Waals surface area contributed by atoms with Crippen molar-refractivity contribution in [3.05, 3.63) is 70.8 Å². The summed E-state index contributed by atoms with van der Waals surface area (Å²) < 4.78 is 53.5. The van der Waals surface area contributed by atoms with Crippen molar-refractivity contribution in [2.24, 2.45) is 0 Å². The summed E-state index contributed by atoms with van der Waals surface area (Å²) >= 11 is 6.25. The number of carbonyl (C=O) groups is 1. The summed E-state index contributed by atoms with van der Waals surface area (Å²) in [4.78, 5) is 13.2. The third-order valence-corrected chi connectivity index (χ3v) is 10.2. The zero-order valence-electron chi connectivity index (χ0n) is 18.9. The van der Waals surface area contributed by atoms with Crippen molar-refractivity contribution in [3.63, 3.8) is 0 Å². The minimum atomic E-state index is -4.21. The number of hydrogen-bond donors (Lipinski definition) is 0. The van der Waals surface area contributed by atoms with Gasteiger partial charge in [-0.25, -0.2) is 13.2 Å². The third kappa shape index (κ3) is 4.90. The summed E-state index contributed by atoms with van der Waals surface area (Å²) in [6.45, 7) is 5.37. The second kappa shape index (κ2) is 10.0. The summed E-state index contributed by atoms with van der Waals surface area (Å²) in [6.07, 6.45) is 1.78. The number of hydrogen-bond acceptors (Lipinski definition) is 6. The molecule has 0 bridgehead atoms. The lowest BCUT2D eigenvalue weighted by Crippen LogP contribution is -2.45. The van der Waals surface area contributed by atoms with Gasteiger partial charge in [-0.15, -0.1) is 0 Å². The van der Waals surface area contributed by atoms with Gasteiger partial charge in [0, 0.05) is 18.3 Å². The number of allylic oxidation sites excluding steroid dienone is 2. The van der Waals surface area contributed by atoms with Crippen molar-refractivity contribution in [3.8, 4) is 0 Å². The fourth-order valence-electron chi connectivity index (χ4n) is 3.89. The van der Waals surface area contributed by atoms with Gasteiger partial charge in [-0.2, -0.15) is 0 Å². The first-order valence-corrected chi connectivity index (χ1v) is 14.1. The Morgan fingerprint density at radius 1 is 1.18 bits per heavy atom. The lowest BCUT2D eigenvalue weighted by atomic mass is 10.1. The molecule has 0 saturated heterocycles. The Bertz CT molecular complexity index is 1210. The highest BCUT2D eigenvalue weighted by Gasteiger charge is 2.56. The highest BCUT2D eigenvalue weighted by molar-refractivity contribution is 7.93. The van der Waals surface area contributed by atoms with Gasteiger partial charge in [0.05, 0.1) is 22.8 Å². The van der Waals surface area contributed by atoms with Crippen LogP contribution in [0.4, 0.5) is 5.69 Å². The number of benzene rings is 2. The third-order valence-electron chi connectivity index (χ3n) is 5.41. The highest BCUT2D eigenvalue weighted by Crippen LogP contribution is 2.67. The highest BCUT2D eigenvalue weighted by atomic mass is 35.5. The largest absolute Gasteiger partial charge is 0.464 e. The van der Waals surface area contributed by atoms with Crippen LogP contribution in [0.25, 0.3) is 0 Å². The molecule has 1 aliphatic heterocycles. The number of esters is 1. The normalized spacial score (nSPS) is 19.5. The van der Waals surface area contributed by atoms with Gasteiger partial charge in [0.25, 0.3) is 10.0 Å². The summed E-state index contributed by atoms with van der Waals surface area (Å²) in [5.74, 6) is -0.802. The molecule has 0 saturated carbocycles. The number of nitrogens with zero attached hydrogens (tertiary/aromatic N) is 1. The van der Waals surface area contributed by atoms with E-state index in [0.29, 0.717) is 10.6 Å². The van der Waals surface area contributed by atoms with Crippen LogP contribution in [0.2, 0.25) is 5.02 Å². The molecule has 0 N–H and O–H groups in total. The SMILES string of the molecule is CCOC(=O)C1C(P(=O)(CC=C(C)C)OC)c2cc(Cl)ccc2N1S(=O)(=O)c1ccccc1. The van der Waals surface area contributed by atoms with Crippen LogP contribution in [0, 0.1) is 0 Å². The van der Waals surface area contributed by atoms with E-state index in [-0.39, 0.29) is 23.4 Å². The molecule has 3 unspecified atom stereocenters. The monoisotopic (exact) mass is 511 g/mol. The lowest BCUT2D eigenvalue weighted by Gasteiger charge is -2.31. The van der Waals surface area contributed by atoms with Gasteiger partial charge in [0.15, 0.2) is 6.04 Å².